The predicted octanol–water partition coefficient (Wildman–Crippen LogP) is 10.00. The Hall–Kier alpha value is -4.76. The molecule has 3 aliphatic rings. The lowest BCUT2D eigenvalue weighted by Crippen LogP contribution is -2.55. The van der Waals surface area contributed by atoms with Crippen molar-refractivity contribution in [2.75, 3.05) is 6.61 Å². The minimum Gasteiger partial charge on any atom is -0.463 e. The molecule has 0 radical (unpaired) electrons. The van der Waals surface area contributed by atoms with Gasteiger partial charge in [0.2, 0.25) is 0 Å². The van der Waals surface area contributed by atoms with Gasteiger partial charge < -0.3 is 28.4 Å². The van der Waals surface area contributed by atoms with Crippen LogP contribution in [0.15, 0.2) is 82.7 Å². The lowest BCUT2D eigenvalue weighted by atomic mass is 9.74. The molecule has 5 unspecified atom stereocenters. The van der Waals surface area contributed by atoms with Gasteiger partial charge >= 0.3 is 23.9 Å². The van der Waals surface area contributed by atoms with E-state index in [1.807, 2.05) is 58.0 Å². The Balaban J connectivity index is 1.42. The number of esters is 4. The van der Waals surface area contributed by atoms with Crippen LogP contribution in [0.25, 0.3) is 10.9 Å². The molecule has 7 rings (SSSR count). The molecule has 352 valence electrons. The minimum absolute atomic E-state index is 0.0171. The van der Waals surface area contributed by atoms with Gasteiger partial charge in [0, 0.05) is 78.8 Å². The number of ketones is 1. The van der Waals surface area contributed by atoms with Crippen LogP contribution < -0.4 is 0 Å². The second-order valence-electron chi connectivity index (χ2n) is 18.0. The third-order valence-corrected chi connectivity index (χ3v) is 15.9. The highest BCUT2D eigenvalue weighted by atomic mass is 32.2. The molecule has 0 bridgehead atoms. The number of para-hydroxylation sites is 1. The number of hydrogen-bond donors (Lipinski definition) is 0. The first kappa shape index (κ1) is 49.2. The summed E-state index contributed by atoms with van der Waals surface area (Å²) in [6, 6.07) is 22.4. The minimum atomic E-state index is -1.00. The van der Waals surface area contributed by atoms with Crippen molar-refractivity contribution in [2.24, 2.45) is 17.8 Å². The van der Waals surface area contributed by atoms with Crippen LogP contribution in [0.4, 0.5) is 0 Å². The smallest absolute Gasteiger partial charge is 0.303 e. The number of pyridine rings is 1. The molecular formula is C52H61NO11S2. The summed E-state index contributed by atoms with van der Waals surface area (Å²) in [6.45, 7) is 15.4. The lowest BCUT2D eigenvalue weighted by Gasteiger charge is -2.44. The molecule has 2 aliphatic heterocycles. The van der Waals surface area contributed by atoms with Gasteiger partial charge in [-0.25, -0.2) is 0 Å². The van der Waals surface area contributed by atoms with Gasteiger partial charge in [-0.2, -0.15) is 0 Å². The lowest BCUT2D eigenvalue weighted by molar-refractivity contribution is -0.207. The number of hydrogen-bond acceptors (Lipinski definition) is 14. The van der Waals surface area contributed by atoms with Crippen LogP contribution >= 0.6 is 23.5 Å². The van der Waals surface area contributed by atoms with Crippen molar-refractivity contribution in [1.82, 2.24) is 4.98 Å². The summed E-state index contributed by atoms with van der Waals surface area (Å²) in [5.74, 6) is -2.60. The van der Waals surface area contributed by atoms with Crippen molar-refractivity contribution in [2.45, 2.75) is 151 Å². The van der Waals surface area contributed by atoms with E-state index in [-0.39, 0.29) is 48.6 Å². The summed E-state index contributed by atoms with van der Waals surface area (Å²) >= 11 is 2.71. The van der Waals surface area contributed by atoms with Crippen molar-refractivity contribution in [3.8, 4) is 0 Å². The topological polar surface area (TPSA) is 154 Å². The highest BCUT2D eigenvalue weighted by Crippen LogP contribution is 2.50. The van der Waals surface area contributed by atoms with Crippen LogP contribution in [0.3, 0.4) is 0 Å². The van der Waals surface area contributed by atoms with Gasteiger partial charge in [-0.15, -0.1) is 0 Å². The molecule has 2 fully saturated rings. The summed E-state index contributed by atoms with van der Waals surface area (Å²) < 4.78 is 36.9. The quantitative estimate of drug-likeness (QED) is 0.0669. The second-order valence-corrected chi connectivity index (χ2v) is 20.3. The van der Waals surface area contributed by atoms with Crippen LogP contribution in [-0.4, -0.2) is 82.6 Å². The zero-order chi connectivity index (χ0) is 47.4. The van der Waals surface area contributed by atoms with Crippen molar-refractivity contribution in [3.63, 3.8) is 0 Å². The molecule has 2 saturated heterocycles. The summed E-state index contributed by atoms with van der Waals surface area (Å²) in [6.07, 6.45) is 0.506. The standard InChI is InChI=1S/C52H61NO11S2/c1-10-42-30(5)49(61-33(8)56)50(62-34(9)57)52(63-42)66-45-25-37(39-21-20-27(2)38-18-11-12-19-40(38)39)24-44(46(45)41(58)23-36-16-13-15-35-17-14-22-53-47(35)36)65-51-29(4)28(3)48(60-32(7)55)43(64-51)26-59-31(6)54/h11-19,22,24-25,27-30,39,42-43,48-52H,10,20-21,23,26H2,1-9H3/t27-,28-,29?,30-,39?,42?,43?,48+,49+,50?,51+,52+/m1/s1. The first-order valence-electron chi connectivity index (χ1n) is 23.0. The number of ether oxygens (including phenoxy) is 6. The zero-order valence-electron chi connectivity index (χ0n) is 39.1. The average molecular weight is 940 g/mol. The fraction of sp³-hybridized carbons (Fsp3) is 0.500. The van der Waals surface area contributed by atoms with Gasteiger partial charge in [-0.1, -0.05) is 107 Å². The van der Waals surface area contributed by atoms with Crippen molar-refractivity contribution in [3.05, 3.63) is 101 Å². The van der Waals surface area contributed by atoms with Gasteiger partial charge in [-0.3, -0.25) is 29.0 Å². The maximum atomic E-state index is 15.5. The Labute approximate surface area is 395 Å². The van der Waals surface area contributed by atoms with Gasteiger partial charge in [0.25, 0.3) is 0 Å². The fourth-order valence-corrected chi connectivity index (χ4v) is 12.7. The highest BCUT2D eigenvalue weighted by Gasteiger charge is 2.49. The molecule has 1 aromatic heterocycles. The number of carbonyl (C=O) groups excluding carboxylic acids is 5. The molecule has 0 N–H and O–H groups in total. The van der Waals surface area contributed by atoms with Crippen LogP contribution in [-0.2, 0) is 54.0 Å². The molecule has 14 heteroatoms. The van der Waals surface area contributed by atoms with Crippen LogP contribution in [0.1, 0.15) is 126 Å². The Morgan fingerprint density at radius 1 is 0.667 bits per heavy atom. The van der Waals surface area contributed by atoms with Gasteiger partial charge in [-0.05, 0) is 71.6 Å². The third kappa shape index (κ3) is 11.0. The van der Waals surface area contributed by atoms with Gasteiger partial charge in [0.05, 0.1) is 11.6 Å². The molecule has 0 amide bonds. The van der Waals surface area contributed by atoms with Crippen molar-refractivity contribution in [1.29, 1.82) is 0 Å². The van der Waals surface area contributed by atoms with Crippen LogP contribution in [0.2, 0.25) is 0 Å². The number of carbonyl (C=O) groups is 5. The molecule has 3 heterocycles. The Morgan fingerprint density at radius 3 is 1.95 bits per heavy atom. The first-order chi connectivity index (χ1) is 31.5. The van der Waals surface area contributed by atoms with Gasteiger partial charge in [0.1, 0.15) is 35.8 Å². The molecule has 0 saturated carbocycles. The number of nitrogens with zero attached hydrogens (tertiary/aromatic N) is 1. The Kier molecular flexibility index (Phi) is 16.0. The van der Waals surface area contributed by atoms with E-state index in [1.54, 1.807) is 6.20 Å². The number of aromatic nitrogens is 1. The Bertz CT molecular complexity index is 2440. The summed E-state index contributed by atoms with van der Waals surface area (Å²) in [4.78, 5) is 71.4. The summed E-state index contributed by atoms with van der Waals surface area (Å²) in [5.41, 5.74) is 3.94. The SMILES string of the molecule is CCC1O[C@@H](Sc2cc(C3CC[C@@H](C)c4ccccc43)cc(S[C@@H]3OC(COC(C)=O)[C@@H](OC(C)=O)[C@H](C)C3C)c2C(=O)Cc2cccc3cccnc23)C(OC(C)=O)[C@@H](OC(C)=O)[C@@H]1C. The summed E-state index contributed by atoms with van der Waals surface area (Å²) in [7, 11) is 0. The van der Waals surface area contributed by atoms with E-state index < -0.39 is 59.2 Å². The van der Waals surface area contributed by atoms with E-state index in [2.05, 4.69) is 48.3 Å². The molecule has 66 heavy (non-hydrogen) atoms. The molecule has 3 aromatic carbocycles. The monoisotopic (exact) mass is 939 g/mol. The molecule has 0 spiro atoms. The van der Waals surface area contributed by atoms with Crippen LogP contribution in [0.5, 0.6) is 0 Å². The molecule has 1 aliphatic carbocycles. The maximum Gasteiger partial charge on any atom is 0.303 e. The van der Waals surface area contributed by atoms with E-state index in [1.165, 1.54) is 62.3 Å². The summed E-state index contributed by atoms with van der Waals surface area (Å²) in [5, 5.41) is 0.906. The molecule has 4 aromatic rings. The largest absolute Gasteiger partial charge is 0.463 e. The number of benzene rings is 3. The third-order valence-electron chi connectivity index (χ3n) is 13.3. The predicted molar refractivity (Wildman–Crippen MR) is 252 cm³/mol. The van der Waals surface area contributed by atoms with E-state index in [4.69, 9.17) is 28.4 Å². The fourth-order valence-electron chi connectivity index (χ4n) is 9.83. The van der Waals surface area contributed by atoms with E-state index >= 15 is 4.79 Å². The molecule has 12 atom stereocenters. The zero-order valence-corrected chi connectivity index (χ0v) is 40.8. The Morgan fingerprint density at radius 2 is 1.29 bits per heavy atom. The van der Waals surface area contributed by atoms with Crippen molar-refractivity contribution >= 4 is 64.1 Å². The number of thioether (sulfide) groups is 2. The average Bonchev–Trinajstić information content (AvgIpc) is 3.27. The molecular weight excluding hydrogens is 879 g/mol. The second kappa shape index (κ2) is 21.5. The molecule has 12 nitrogen and oxygen atoms in total. The van der Waals surface area contributed by atoms with E-state index in [9.17, 15) is 19.2 Å². The number of Topliss-reactive ketones (excluding diaryl/α,β-unsaturated/α-hetero) is 1. The van der Waals surface area contributed by atoms with E-state index in [0.717, 1.165) is 34.9 Å². The highest BCUT2D eigenvalue weighted by molar-refractivity contribution is 8.00. The first-order valence-corrected chi connectivity index (χ1v) is 24.7. The number of fused-ring (bicyclic) bond motifs is 2. The van der Waals surface area contributed by atoms with E-state index in [0.29, 0.717) is 27.7 Å². The normalized spacial score (nSPS) is 28.4. The van der Waals surface area contributed by atoms with Crippen LogP contribution in [0, 0.1) is 17.8 Å². The maximum absolute atomic E-state index is 15.5. The van der Waals surface area contributed by atoms with Crippen molar-refractivity contribution < 1.29 is 52.4 Å². The number of rotatable bonds is 14. The van der Waals surface area contributed by atoms with Gasteiger partial charge in [0.15, 0.2) is 11.9 Å².